The molecule has 2 bridgehead atoms. The molecular weight excluding hydrogens is 360 g/mol. The summed E-state index contributed by atoms with van der Waals surface area (Å²) in [5.74, 6) is 0.544. The van der Waals surface area contributed by atoms with Gasteiger partial charge >= 0.3 is 0 Å². The maximum Gasteiger partial charge on any atom is 0.231 e. The summed E-state index contributed by atoms with van der Waals surface area (Å²) in [5, 5.41) is 8.36. The average Bonchev–Trinajstić information content (AvgIpc) is 3.15. The monoisotopic (exact) mass is 391 g/mol. The Morgan fingerprint density at radius 1 is 1.32 bits per heavy atom. The highest BCUT2D eigenvalue weighted by molar-refractivity contribution is 5.80. The molecule has 0 aliphatic carbocycles. The van der Waals surface area contributed by atoms with Gasteiger partial charge in [-0.1, -0.05) is 5.21 Å². The number of piperidine rings is 4. The summed E-state index contributed by atoms with van der Waals surface area (Å²) in [6.07, 6.45) is 5.54. The van der Waals surface area contributed by atoms with Crippen LogP contribution in [0.3, 0.4) is 0 Å². The minimum atomic E-state index is -0.232. The van der Waals surface area contributed by atoms with Gasteiger partial charge in [-0.25, -0.2) is 4.68 Å². The van der Waals surface area contributed by atoms with Crippen molar-refractivity contribution in [3.63, 3.8) is 0 Å². The molecule has 9 heteroatoms. The SMILES string of the molecule is COCc1cn(C[C@H]2C[C@@H]3CC[NH+]2C[C@@H]3C(=O)N2CCC(C(N)=O)CC2)nn1. The third-order valence-electron chi connectivity index (χ3n) is 6.86. The molecule has 4 atom stereocenters. The average molecular weight is 391 g/mol. The fourth-order valence-electron chi connectivity index (χ4n) is 5.29. The van der Waals surface area contributed by atoms with Crippen LogP contribution in [-0.2, 0) is 27.5 Å². The largest absolute Gasteiger partial charge is 0.378 e. The Labute approximate surface area is 165 Å². The molecule has 0 radical (unpaired) electrons. The van der Waals surface area contributed by atoms with Crippen molar-refractivity contribution in [1.82, 2.24) is 19.9 Å². The maximum atomic E-state index is 13.1. The molecule has 2 amide bonds. The molecule has 154 valence electrons. The summed E-state index contributed by atoms with van der Waals surface area (Å²) >= 11 is 0. The second-order valence-corrected chi connectivity index (χ2v) is 8.57. The van der Waals surface area contributed by atoms with Crippen molar-refractivity contribution in [3.05, 3.63) is 11.9 Å². The number of hydrogen-bond donors (Lipinski definition) is 2. The van der Waals surface area contributed by atoms with Crippen LogP contribution in [0.4, 0.5) is 0 Å². The van der Waals surface area contributed by atoms with Crippen molar-refractivity contribution in [2.45, 2.75) is 44.9 Å². The number of quaternary nitrogens is 1. The number of ether oxygens (including phenoxy) is 1. The Bertz CT molecular complexity index is 714. The lowest BCUT2D eigenvalue weighted by molar-refractivity contribution is -0.945. The Kier molecular flexibility index (Phi) is 5.63. The first kappa shape index (κ1) is 19.3. The van der Waals surface area contributed by atoms with E-state index in [1.165, 1.54) is 4.90 Å². The lowest BCUT2D eigenvalue weighted by Crippen LogP contribution is -3.20. The van der Waals surface area contributed by atoms with Gasteiger partial charge < -0.3 is 20.3 Å². The van der Waals surface area contributed by atoms with Gasteiger partial charge in [0.15, 0.2) is 0 Å². The molecule has 0 spiro atoms. The summed E-state index contributed by atoms with van der Waals surface area (Å²) in [6.45, 7) is 4.68. The number of nitrogens with one attached hydrogen (secondary N) is 1. The predicted octanol–water partition coefficient (Wildman–Crippen LogP) is -1.56. The number of carbonyl (C=O) groups excluding carboxylic acids is 2. The van der Waals surface area contributed by atoms with Gasteiger partial charge in [-0.2, -0.15) is 0 Å². The van der Waals surface area contributed by atoms with Crippen molar-refractivity contribution in [2.24, 2.45) is 23.5 Å². The number of nitrogens with zero attached hydrogens (tertiary/aromatic N) is 4. The fourth-order valence-corrected chi connectivity index (χ4v) is 5.29. The Morgan fingerprint density at radius 3 is 2.75 bits per heavy atom. The van der Waals surface area contributed by atoms with Gasteiger partial charge in [-0.15, -0.1) is 5.10 Å². The zero-order chi connectivity index (χ0) is 19.7. The number of fused-ring (bicyclic) bond motifs is 3. The lowest BCUT2D eigenvalue weighted by Gasteiger charge is -2.47. The maximum absolute atomic E-state index is 13.1. The number of carbonyl (C=O) groups is 2. The molecular formula is C19H31N6O3+. The summed E-state index contributed by atoms with van der Waals surface area (Å²) in [6, 6.07) is 0.487. The first-order chi connectivity index (χ1) is 13.5. The highest BCUT2D eigenvalue weighted by atomic mass is 16.5. The zero-order valence-electron chi connectivity index (χ0n) is 16.5. The van der Waals surface area contributed by atoms with E-state index in [1.54, 1.807) is 7.11 Å². The third kappa shape index (κ3) is 3.91. The number of rotatable bonds is 6. The molecule has 1 aromatic rings. The molecule has 9 nitrogen and oxygen atoms in total. The van der Waals surface area contributed by atoms with Gasteiger partial charge in [-0.05, 0) is 18.8 Å². The molecule has 1 unspecified atom stereocenters. The number of methoxy groups -OCH3 is 1. The second-order valence-electron chi connectivity index (χ2n) is 8.57. The van der Waals surface area contributed by atoms with E-state index in [0.29, 0.717) is 44.5 Å². The second kappa shape index (κ2) is 8.16. The quantitative estimate of drug-likeness (QED) is 0.610. The topological polar surface area (TPSA) is 108 Å². The molecule has 5 rings (SSSR count). The first-order valence-corrected chi connectivity index (χ1v) is 10.4. The third-order valence-corrected chi connectivity index (χ3v) is 6.86. The van der Waals surface area contributed by atoms with Crippen LogP contribution in [0.15, 0.2) is 6.20 Å². The summed E-state index contributed by atoms with van der Waals surface area (Å²) in [5.41, 5.74) is 6.26. The number of likely N-dealkylation sites (tertiary alicyclic amines) is 1. The van der Waals surface area contributed by atoms with Gasteiger partial charge in [0.25, 0.3) is 0 Å². The van der Waals surface area contributed by atoms with Gasteiger partial charge in [0, 0.05) is 39.0 Å². The number of nitrogens with two attached hydrogens (primary N) is 1. The highest BCUT2D eigenvalue weighted by Crippen LogP contribution is 2.30. The molecule has 28 heavy (non-hydrogen) atoms. The molecule has 4 fully saturated rings. The summed E-state index contributed by atoms with van der Waals surface area (Å²) < 4.78 is 7.02. The van der Waals surface area contributed by atoms with Crippen LogP contribution in [0, 0.1) is 17.8 Å². The van der Waals surface area contributed by atoms with E-state index in [9.17, 15) is 9.59 Å². The van der Waals surface area contributed by atoms with Crippen LogP contribution >= 0.6 is 0 Å². The molecule has 3 N–H and O–H groups in total. The summed E-state index contributed by atoms with van der Waals surface area (Å²) in [4.78, 5) is 28.0. The normalized spacial score (nSPS) is 30.5. The smallest absolute Gasteiger partial charge is 0.231 e. The Morgan fingerprint density at radius 2 is 2.11 bits per heavy atom. The Hall–Kier alpha value is -2.00. The van der Waals surface area contributed by atoms with Gasteiger partial charge in [0.05, 0.1) is 38.4 Å². The van der Waals surface area contributed by atoms with E-state index in [0.717, 1.165) is 38.2 Å². The van der Waals surface area contributed by atoms with E-state index < -0.39 is 0 Å². The van der Waals surface area contributed by atoms with E-state index >= 15 is 0 Å². The van der Waals surface area contributed by atoms with Gasteiger partial charge in [-0.3, -0.25) is 9.59 Å². The van der Waals surface area contributed by atoms with Gasteiger partial charge in [0.2, 0.25) is 11.8 Å². The van der Waals surface area contributed by atoms with Crippen LogP contribution in [0.5, 0.6) is 0 Å². The van der Waals surface area contributed by atoms with Crippen molar-refractivity contribution in [2.75, 3.05) is 33.3 Å². The number of hydrogen-bond acceptors (Lipinski definition) is 5. The van der Waals surface area contributed by atoms with Crippen LogP contribution in [-0.4, -0.2) is 71.0 Å². The molecule has 4 aliphatic rings. The molecule has 4 aliphatic heterocycles. The highest BCUT2D eigenvalue weighted by Gasteiger charge is 2.48. The predicted molar refractivity (Wildman–Crippen MR) is 99.9 cm³/mol. The molecule has 4 saturated heterocycles. The lowest BCUT2D eigenvalue weighted by atomic mass is 9.74. The number of aromatic nitrogens is 3. The molecule has 0 saturated carbocycles. The van der Waals surface area contributed by atoms with E-state index in [-0.39, 0.29) is 23.7 Å². The van der Waals surface area contributed by atoms with Gasteiger partial charge in [0.1, 0.15) is 11.7 Å². The van der Waals surface area contributed by atoms with Crippen molar-refractivity contribution in [1.29, 1.82) is 0 Å². The van der Waals surface area contributed by atoms with E-state index in [4.69, 9.17) is 10.5 Å². The van der Waals surface area contributed by atoms with Crippen LogP contribution < -0.4 is 10.6 Å². The van der Waals surface area contributed by atoms with Crippen LogP contribution in [0.1, 0.15) is 31.4 Å². The van der Waals surface area contributed by atoms with Crippen molar-refractivity contribution >= 4 is 11.8 Å². The van der Waals surface area contributed by atoms with E-state index in [1.807, 2.05) is 15.8 Å². The fraction of sp³-hybridized carbons (Fsp3) is 0.789. The van der Waals surface area contributed by atoms with E-state index in [2.05, 4.69) is 10.3 Å². The van der Waals surface area contributed by atoms with Crippen LogP contribution in [0.2, 0.25) is 0 Å². The standard InChI is InChI=1S/C19H30N6O3/c1-28-12-15-9-25(22-21-15)10-16-8-14-4-7-24(16)11-17(14)19(27)23-5-2-13(3-6-23)18(20)26/h9,13-14,16-17H,2-8,10-12H2,1H3,(H2,20,26)/p+1/t14-,16+,17-/m0/s1. The van der Waals surface area contributed by atoms with Crippen molar-refractivity contribution < 1.29 is 19.2 Å². The number of primary amides is 1. The minimum absolute atomic E-state index is 0.0729. The molecule has 0 aromatic carbocycles. The Balaban J connectivity index is 1.33. The zero-order valence-corrected chi connectivity index (χ0v) is 16.5. The molecule has 5 heterocycles. The minimum Gasteiger partial charge on any atom is -0.378 e. The van der Waals surface area contributed by atoms with Crippen molar-refractivity contribution in [3.8, 4) is 0 Å². The summed E-state index contributed by atoms with van der Waals surface area (Å²) in [7, 11) is 1.66. The first-order valence-electron chi connectivity index (χ1n) is 10.4. The number of amides is 2. The molecule has 1 aromatic heterocycles. The van der Waals surface area contributed by atoms with Crippen LogP contribution in [0.25, 0.3) is 0 Å².